The van der Waals surface area contributed by atoms with Gasteiger partial charge in [-0.1, -0.05) is 36.4 Å². The maximum atomic E-state index is 13.1. The number of rotatable bonds is 8. The van der Waals surface area contributed by atoms with Gasteiger partial charge in [-0.2, -0.15) is 0 Å². The van der Waals surface area contributed by atoms with Gasteiger partial charge in [-0.05, 0) is 24.1 Å². The molecule has 0 aliphatic rings. The summed E-state index contributed by atoms with van der Waals surface area (Å²) in [5, 5.41) is 14.8. The van der Waals surface area contributed by atoms with Gasteiger partial charge in [-0.25, -0.2) is 0 Å². The summed E-state index contributed by atoms with van der Waals surface area (Å²) in [7, 11) is 0. The lowest BCUT2D eigenvalue weighted by Gasteiger charge is -2.10. The molecule has 0 saturated heterocycles. The van der Waals surface area contributed by atoms with E-state index in [9.17, 15) is 14.4 Å². The van der Waals surface area contributed by atoms with Gasteiger partial charge in [0.25, 0.3) is 5.91 Å². The summed E-state index contributed by atoms with van der Waals surface area (Å²) < 4.78 is 0. The Morgan fingerprint density at radius 3 is 2.50 bits per heavy atom. The van der Waals surface area contributed by atoms with Crippen molar-refractivity contribution in [3.05, 3.63) is 70.9 Å². The Labute approximate surface area is 177 Å². The predicted octanol–water partition coefficient (Wildman–Crippen LogP) is 3.85. The van der Waals surface area contributed by atoms with Crippen LogP contribution in [0.1, 0.15) is 33.6 Å². The van der Waals surface area contributed by atoms with Gasteiger partial charge >= 0.3 is 5.97 Å². The summed E-state index contributed by atoms with van der Waals surface area (Å²) in [6.07, 6.45) is 2.89. The van der Waals surface area contributed by atoms with Crippen molar-refractivity contribution in [2.75, 3.05) is 5.32 Å². The van der Waals surface area contributed by atoms with E-state index in [2.05, 4.69) is 15.6 Å². The lowest BCUT2D eigenvalue weighted by Crippen LogP contribution is -2.24. The van der Waals surface area contributed by atoms with Crippen LogP contribution in [-0.2, 0) is 16.1 Å². The summed E-state index contributed by atoms with van der Waals surface area (Å²) in [4.78, 5) is 41.0. The van der Waals surface area contributed by atoms with Gasteiger partial charge in [0.2, 0.25) is 5.91 Å². The topological polar surface area (TPSA) is 108 Å². The van der Waals surface area contributed by atoms with Crippen molar-refractivity contribution in [3.8, 4) is 11.1 Å². The van der Waals surface area contributed by atoms with Gasteiger partial charge in [0.15, 0.2) is 0 Å². The minimum atomic E-state index is -1.05. The maximum absolute atomic E-state index is 13.1. The van der Waals surface area contributed by atoms with E-state index in [0.717, 1.165) is 21.6 Å². The van der Waals surface area contributed by atoms with Crippen LogP contribution in [0.3, 0.4) is 0 Å². The second-order valence-corrected chi connectivity index (χ2v) is 7.81. The average molecular weight is 423 g/mol. The Bertz CT molecular complexity index is 1050. The zero-order valence-corrected chi connectivity index (χ0v) is 17.2. The Morgan fingerprint density at radius 1 is 1.07 bits per heavy atom. The van der Waals surface area contributed by atoms with Crippen molar-refractivity contribution in [2.45, 2.75) is 26.3 Å². The fourth-order valence-electron chi connectivity index (χ4n) is 2.98. The van der Waals surface area contributed by atoms with Crippen LogP contribution in [-0.4, -0.2) is 27.9 Å². The molecule has 0 atom stereocenters. The van der Waals surface area contributed by atoms with Crippen molar-refractivity contribution in [1.29, 1.82) is 0 Å². The molecule has 3 rings (SSSR count). The van der Waals surface area contributed by atoms with E-state index in [1.165, 1.54) is 11.3 Å². The first-order chi connectivity index (χ1) is 14.5. The molecular weight excluding hydrogens is 402 g/mol. The minimum Gasteiger partial charge on any atom is -0.481 e. The fraction of sp³-hybridized carbons (Fsp3) is 0.182. The summed E-state index contributed by atoms with van der Waals surface area (Å²) in [6.45, 7) is 2.18. The number of hydrogen-bond acceptors (Lipinski definition) is 5. The quantitative estimate of drug-likeness (QED) is 0.510. The van der Waals surface area contributed by atoms with Gasteiger partial charge in [0.05, 0.1) is 12.0 Å². The highest BCUT2D eigenvalue weighted by atomic mass is 32.1. The van der Waals surface area contributed by atoms with Crippen LogP contribution in [0.4, 0.5) is 5.00 Å². The van der Waals surface area contributed by atoms with E-state index >= 15 is 0 Å². The van der Waals surface area contributed by atoms with Gasteiger partial charge in [0.1, 0.15) is 5.00 Å². The van der Waals surface area contributed by atoms with E-state index < -0.39 is 11.9 Å². The largest absolute Gasteiger partial charge is 0.481 e. The SMILES string of the molecule is Cc1sc(NC(=O)CCC(=O)O)c(C(=O)NCc2cccnc2)c1-c1ccccc1. The minimum absolute atomic E-state index is 0.163. The molecule has 0 saturated carbocycles. The van der Waals surface area contributed by atoms with Crippen molar-refractivity contribution in [3.63, 3.8) is 0 Å². The Kier molecular flexibility index (Phi) is 6.92. The molecule has 0 spiro atoms. The lowest BCUT2D eigenvalue weighted by atomic mass is 10.0. The number of carbonyl (C=O) groups excluding carboxylic acids is 2. The Morgan fingerprint density at radius 2 is 1.83 bits per heavy atom. The van der Waals surface area contributed by atoms with Crippen molar-refractivity contribution < 1.29 is 19.5 Å². The zero-order chi connectivity index (χ0) is 21.5. The predicted molar refractivity (Wildman–Crippen MR) is 115 cm³/mol. The van der Waals surface area contributed by atoms with Gasteiger partial charge in [-0.15, -0.1) is 11.3 Å². The number of nitrogens with one attached hydrogen (secondary N) is 2. The van der Waals surface area contributed by atoms with E-state index in [0.29, 0.717) is 17.1 Å². The van der Waals surface area contributed by atoms with Crippen molar-refractivity contribution >= 4 is 34.1 Å². The number of anilines is 1. The van der Waals surface area contributed by atoms with Gasteiger partial charge in [0, 0.05) is 35.8 Å². The number of hydrogen-bond donors (Lipinski definition) is 3. The number of nitrogens with zero attached hydrogens (tertiary/aromatic N) is 1. The van der Waals surface area contributed by atoms with E-state index in [1.807, 2.05) is 43.3 Å². The Hall–Kier alpha value is -3.52. The molecule has 2 heterocycles. The molecule has 0 fully saturated rings. The Balaban J connectivity index is 1.91. The molecule has 0 aliphatic carbocycles. The average Bonchev–Trinajstić information content (AvgIpc) is 3.07. The molecule has 0 bridgehead atoms. The van der Waals surface area contributed by atoms with Gasteiger partial charge in [-0.3, -0.25) is 19.4 Å². The molecule has 0 aliphatic heterocycles. The first kappa shape index (κ1) is 21.2. The normalized spacial score (nSPS) is 10.4. The van der Waals surface area contributed by atoms with Crippen LogP contribution >= 0.6 is 11.3 Å². The second kappa shape index (κ2) is 9.80. The summed E-state index contributed by atoms with van der Waals surface area (Å²) in [5.74, 6) is -1.82. The van der Waals surface area contributed by atoms with Crippen LogP contribution in [0.15, 0.2) is 54.9 Å². The van der Waals surface area contributed by atoms with Crippen molar-refractivity contribution in [1.82, 2.24) is 10.3 Å². The van der Waals surface area contributed by atoms with Crippen LogP contribution in [0, 0.1) is 6.92 Å². The number of aromatic nitrogens is 1. The molecule has 7 nitrogen and oxygen atoms in total. The van der Waals surface area contributed by atoms with Gasteiger partial charge < -0.3 is 15.7 Å². The third-order valence-corrected chi connectivity index (χ3v) is 5.39. The van der Waals surface area contributed by atoms with Crippen LogP contribution < -0.4 is 10.6 Å². The highest BCUT2D eigenvalue weighted by Gasteiger charge is 2.24. The van der Waals surface area contributed by atoms with Crippen LogP contribution in [0.25, 0.3) is 11.1 Å². The molecule has 3 N–H and O–H groups in total. The number of carbonyl (C=O) groups is 3. The van der Waals surface area contributed by atoms with E-state index in [-0.39, 0.29) is 18.7 Å². The molecular formula is C22H21N3O4S. The number of carboxylic acid groups (broad SMARTS) is 1. The first-order valence-corrected chi connectivity index (χ1v) is 10.1. The molecule has 3 aromatic rings. The summed E-state index contributed by atoms with van der Waals surface area (Å²) in [5.41, 5.74) is 2.84. The number of aliphatic carboxylic acids is 1. The van der Waals surface area contributed by atoms with E-state index in [1.54, 1.807) is 18.5 Å². The summed E-state index contributed by atoms with van der Waals surface area (Å²) >= 11 is 1.30. The number of benzene rings is 1. The zero-order valence-electron chi connectivity index (χ0n) is 16.3. The third kappa shape index (κ3) is 5.30. The molecule has 1 aromatic carbocycles. The molecule has 0 radical (unpaired) electrons. The molecule has 2 amide bonds. The number of pyridine rings is 1. The first-order valence-electron chi connectivity index (χ1n) is 9.33. The maximum Gasteiger partial charge on any atom is 0.303 e. The standard InChI is InChI=1S/C22H21N3O4S/c1-14-19(16-7-3-2-4-8-16)20(21(29)24-13-15-6-5-11-23-12-15)22(30-14)25-17(26)9-10-18(27)28/h2-8,11-12H,9-10,13H2,1H3,(H,24,29)(H,25,26)(H,27,28). The van der Waals surface area contributed by atoms with Crippen LogP contribution in [0.5, 0.6) is 0 Å². The second-order valence-electron chi connectivity index (χ2n) is 6.59. The fourth-order valence-corrected chi connectivity index (χ4v) is 4.07. The number of aryl methyl sites for hydroxylation is 1. The third-order valence-electron chi connectivity index (χ3n) is 4.37. The number of amides is 2. The highest BCUT2D eigenvalue weighted by Crippen LogP contribution is 2.40. The molecule has 2 aromatic heterocycles. The smallest absolute Gasteiger partial charge is 0.303 e. The highest BCUT2D eigenvalue weighted by molar-refractivity contribution is 7.17. The number of thiophene rings is 1. The number of carboxylic acids is 1. The molecule has 0 unspecified atom stereocenters. The van der Waals surface area contributed by atoms with Crippen LogP contribution in [0.2, 0.25) is 0 Å². The van der Waals surface area contributed by atoms with Crippen molar-refractivity contribution in [2.24, 2.45) is 0 Å². The summed E-state index contributed by atoms with van der Waals surface area (Å²) in [6, 6.07) is 13.1. The lowest BCUT2D eigenvalue weighted by molar-refractivity contribution is -0.138. The molecule has 30 heavy (non-hydrogen) atoms. The van der Waals surface area contributed by atoms with E-state index in [4.69, 9.17) is 5.11 Å². The monoisotopic (exact) mass is 423 g/mol. The molecule has 154 valence electrons. The molecule has 8 heteroatoms.